The van der Waals surface area contributed by atoms with Gasteiger partial charge in [0.25, 0.3) is 0 Å². The SMILES string of the molecule is C=C(C)C1CC(C(C)=O)=C(C)O1. The van der Waals surface area contributed by atoms with Gasteiger partial charge >= 0.3 is 0 Å². The molecule has 0 spiro atoms. The molecule has 1 heterocycles. The molecule has 0 N–H and O–H groups in total. The van der Waals surface area contributed by atoms with Crippen LogP contribution in [0.15, 0.2) is 23.5 Å². The number of carbonyl (C=O) groups is 1. The Bertz CT molecular complexity index is 261. The first-order chi connectivity index (χ1) is 5.52. The number of hydrogen-bond acceptors (Lipinski definition) is 2. The molecule has 0 aliphatic carbocycles. The van der Waals surface area contributed by atoms with E-state index in [1.165, 1.54) is 0 Å². The third kappa shape index (κ3) is 1.58. The lowest BCUT2D eigenvalue weighted by Gasteiger charge is -2.09. The Hall–Kier alpha value is -1.05. The minimum atomic E-state index is 0.0175. The first-order valence-corrected chi connectivity index (χ1v) is 4.05. The van der Waals surface area contributed by atoms with Crippen molar-refractivity contribution >= 4 is 5.78 Å². The molecule has 0 saturated carbocycles. The van der Waals surface area contributed by atoms with Crippen LogP contribution in [0.25, 0.3) is 0 Å². The summed E-state index contributed by atoms with van der Waals surface area (Å²) < 4.78 is 5.46. The van der Waals surface area contributed by atoms with E-state index >= 15 is 0 Å². The van der Waals surface area contributed by atoms with Crippen LogP contribution in [0.3, 0.4) is 0 Å². The molecule has 2 heteroatoms. The summed E-state index contributed by atoms with van der Waals surface area (Å²) >= 11 is 0. The molecule has 0 bridgehead atoms. The number of allylic oxidation sites excluding steroid dienone is 1. The van der Waals surface area contributed by atoms with Crippen molar-refractivity contribution < 1.29 is 9.53 Å². The van der Waals surface area contributed by atoms with E-state index in [9.17, 15) is 4.79 Å². The van der Waals surface area contributed by atoms with Crippen LogP contribution in [0.5, 0.6) is 0 Å². The topological polar surface area (TPSA) is 26.3 Å². The van der Waals surface area contributed by atoms with Gasteiger partial charge in [0.05, 0.1) is 0 Å². The Kier molecular flexibility index (Phi) is 2.36. The molecule has 0 aromatic carbocycles. The van der Waals surface area contributed by atoms with Crippen LogP contribution < -0.4 is 0 Å². The average Bonchev–Trinajstić information content (AvgIpc) is 2.30. The number of carbonyl (C=O) groups excluding carboxylic acids is 1. The molecule has 0 amide bonds. The molecule has 66 valence electrons. The fraction of sp³-hybridized carbons (Fsp3) is 0.500. The standard InChI is InChI=1S/C10H14O2/c1-6(2)10-5-9(7(3)11)8(4)12-10/h10H,1,5H2,2-4H3. The highest BCUT2D eigenvalue weighted by Gasteiger charge is 2.25. The molecule has 2 nitrogen and oxygen atoms in total. The smallest absolute Gasteiger partial charge is 0.159 e. The second-order valence-corrected chi connectivity index (χ2v) is 3.25. The molecule has 1 aliphatic rings. The molecule has 1 aliphatic heterocycles. The normalized spacial score (nSPS) is 22.4. The highest BCUT2D eigenvalue weighted by molar-refractivity contribution is 5.94. The van der Waals surface area contributed by atoms with Gasteiger partial charge in [-0.3, -0.25) is 4.79 Å². The summed E-state index contributed by atoms with van der Waals surface area (Å²) in [6, 6.07) is 0. The highest BCUT2D eigenvalue weighted by atomic mass is 16.5. The van der Waals surface area contributed by atoms with Gasteiger partial charge in [0.1, 0.15) is 11.9 Å². The van der Waals surface area contributed by atoms with Crippen molar-refractivity contribution in [3.63, 3.8) is 0 Å². The molecule has 0 aromatic rings. The van der Waals surface area contributed by atoms with Crippen LogP contribution in [0.4, 0.5) is 0 Å². The van der Waals surface area contributed by atoms with Gasteiger partial charge in [-0.05, 0) is 26.3 Å². The van der Waals surface area contributed by atoms with Gasteiger partial charge in [0.15, 0.2) is 5.78 Å². The number of hydrogen-bond donors (Lipinski definition) is 0. The van der Waals surface area contributed by atoms with E-state index in [0.29, 0.717) is 6.42 Å². The third-order valence-corrected chi connectivity index (χ3v) is 2.11. The minimum absolute atomic E-state index is 0.0175. The maximum Gasteiger partial charge on any atom is 0.159 e. The third-order valence-electron chi connectivity index (χ3n) is 2.11. The highest BCUT2D eigenvalue weighted by Crippen LogP contribution is 2.28. The molecule has 0 saturated heterocycles. The van der Waals surface area contributed by atoms with Crippen molar-refractivity contribution in [2.45, 2.75) is 33.3 Å². The second kappa shape index (κ2) is 3.13. The summed E-state index contributed by atoms with van der Waals surface area (Å²) in [6.07, 6.45) is 0.708. The Labute approximate surface area is 72.9 Å². The van der Waals surface area contributed by atoms with Gasteiger partial charge in [-0.2, -0.15) is 0 Å². The lowest BCUT2D eigenvalue weighted by atomic mass is 10.0. The van der Waals surface area contributed by atoms with Crippen LogP contribution in [0.1, 0.15) is 27.2 Å². The van der Waals surface area contributed by atoms with E-state index in [0.717, 1.165) is 16.9 Å². The maximum atomic E-state index is 11.1. The van der Waals surface area contributed by atoms with Crippen molar-refractivity contribution in [3.05, 3.63) is 23.5 Å². The molecule has 1 unspecified atom stereocenters. The van der Waals surface area contributed by atoms with E-state index in [2.05, 4.69) is 6.58 Å². The maximum absolute atomic E-state index is 11.1. The zero-order valence-corrected chi connectivity index (χ0v) is 7.81. The van der Waals surface area contributed by atoms with Crippen molar-refractivity contribution in [2.75, 3.05) is 0 Å². The Morgan fingerprint density at radius 1 is 1.58 bits per heavy atom. The van der Waals surface area contributed by atoms with Crippen LogP contribution >= 0.6 is 0 Å². The first-order valence-electron chi connectivity index (χ1n) is 4.05. The molecule has 0 aromatic heterocycles. The van der Waals surface area contributed by atoms with E-state index in [1.54, 1.807) is 6.92 Å². The summed E-state index contributed by atoms with van der Waals surface area (Å²) in [5, 5.41) is 0. The van der Waals surface area contributed by atoms with Gasteiger partial charge < -0.3 is 4.74 Å². The largest absolute Gasteiger partial charge is 0.490 e. The lowest BCUT2D eigenvalue weighted by Crippen LogP contribution is -2.07. The monoisotopic (exact) mass is 166 g/mol. The predicted octanol–water partition coefficient (Wildman–Crippen LogP) is 2.21. The van der Waals surface area contributed by atoms with Gasteiger partial charge in [-0.1, -0.05) is 6.58 Å². The predicted molar refractivity (Wildman–Crippen MR) is 47.7 cm³/mol. The van der Waals surface area contributed by atoms with E-state index < -0.39 is 0 Å². The number of ether oxygens (including phenoxy) is 1. The Morgan fingerprint density at radius 3 is 2.42 bits per heavy atom. The molecule has 0 fully saturated rings. The molecule has 0 radical (unpaired) electrons. The molecular weight excluding hydrogens is 152 g/mol. The molecule has 12 heavy (non-hydrogen) atoms. The van der Waals surface area contributed by atoms with Crippen molar-refractivity contribution in [2.24, 2.45) is 0 Å². The number of rotatable bonds is 2. The van der Waals surface area contributed by atoms with Gasteiger partial charge in [-0.25, -0.2) is 0 Å². The van der Waals surface area contributed by atoms with Gasteiger partial charge in [-0.15, -0.1) is 0 Å². The molecular formula is C10H14O2. The lowest BCUT2D eigenvalue weighted by molar-refractivity contribution is -0.113. The van der Waals surface area contributed by atoms with Crippen LogP contribution in [0.2, 0.25) is 0 Å². The van der Waals surface area contributed by atoms with Gasteiger partial charge in [0, 0.05) is 12.0 Å². The summed E-state index contributed by atoms with van der Waals surface area (Å²) in [6.45, 7) is 9.13. The van der Waals surface area contributed by atoms with E-state index in [-0.39, 0.29) is 11.9 Å². The number of ketones is 1. The van der Waals surface area contributed by atoms with E-state index in [4.69, 9.17) is 4.74 Å². The van der Waals surface area contributed by atoms with Crippen LogP contribution in [0, 0.1) is 0 Å². The first kappa shape index (κ1) is 9.04. The Balaban J connectivity index is 2.74. The second-order valence-electron chi connectivity index (χ2n) is 3.25. The number of Topliss-reactive ketones (excluding diaryl/α,β-unsaturated/α-hetero) is 1. The zero-order chi connectivity index (χ0) is 9.30. The fourth-order valence-corrected chi connectivity index (χ4v) is 1.32. The quantitative estimate of drug-likeness (QED) is 0.588. The summed E-state index contributed by atoms with van der Waals surface area (Å²) in [7, 11) is 0. The molecule has 1 atom stereocenters. The summed E-state index contributed by atoms with van der Waals surface area (Å²) in [5.41, 5.74) is 1.79. The summed E-state index contributed by atoms with van der Waals surface area (Å²) in [5.74, 6) is 0.867. The fourth-order valence-electron chi connectivity index (χ4n) is 1.32. The minimum Gasteiger partial charge on any atom is -0.490 e. The van der Waals surface area contributed by atoms with Gasteiger partial charge in [0.2, 0.25) is 0 Å². The van der Waals surface area contributed by atoms with Crippen molar-refractivity contribution in [1.82, 2.24) is 0 Å². The zero-order valence-electron chi connectivity index (χ0n) is 7.81. The molecule has 1 rings (SSSR count). The summed E-state index contributed by atoms with van der Waals surface area (Å²) in [4.78, 5) is 11.1. The van der Waals surface area contributed by atoms with Crippen LogP contribution in [-0.2, 0) is 9.53 Å². The average molecular weight is 166 g/mol. The van der Waals surface area contributed by atoms with Crippen LogP contribution in [-0.4, -0.2) is 11.9 Å². The van der Waals surface area contributed by atoms with Crippen molar-refractivity contribution in [3.8, 4) is 0 Å². The van der Waals surface area contributed by atoms with E-state index in [1.807, 2.05) is 13.8 Å². The van der Waals surface area contributed by atoms with Crippen molar-refractivity contribution in [1.29, 1.82) is 0 Å². The Morgan fingerprint density at radius 2 is 2.17 bits per heavy atom.